The number of benzene rings is 2. The van der Waals surface area contributed by atoms with Crippen molar-refractivity contribution in [3.05, 3.63) is 71.8 Å². The topological polar surface area (TPSA) is 60.5 Å². The molecule has 0 bridgehead atoms. The molecule has 0 N–H and O–H groups in total. The summed E-state index contributed by atoms with van der Waals surface area (Å²) in [6.07, 6.45) is 1.89. The predicted molar refractivity (Wildman–Crippen MR) is 96.3 cm³/mol. The van der Waals surface area contributed by atoms with Crippen molar-refractivity contribution in [2.24, 2.45) is 0 Å². The van der Waals surface area contributed by atoms with Gasteiger partial charge in [0.1, 0.15) is 17.2 Å². The van der Waals surface area contributed by atoms with Crippen LogP contribution < -0.4 is 0 Å². The molecule has 0 amide bonds. The molecule has 3 rings (SSSR count). The van der Waals surface area contributed by atoms with Crippen molar-refractivity contribution in [1.29, 1.82) is 10.5 Å². The Hall–Kier alpha value is -3.08. The second-order valence-corrected chi connectivity index (χ2v) is 5.85. The number of nitriles is 2. The Morgan fingerprint density at radius 2 is 1.33 bits per heavy atom. The Labute approximate surface area is 145 Å². The van der Waals surface area contributed by atoms with E-state index in [2.05, 4.69) is 17.1 Å². The van der Waals surface area contributed by atoms with Crippen molar-refractivity contribution in [3.8, 4) is 34.5 Å². The predicted octanol–water partition coefficient (Wildman–Crippen LogP) is 4.88. The van der Waals surface area contributed by atoms with Gasteiger partial charge in [0, 0.05) is 11.1 Å². The lowest BCUT2D eigenvalue weighted by atomic mass is 9.93. The van der Waals surface area contributed by atoms with Crippen molar-refractivity contribution >= 4 is 11.8 Å². The second kappa shape index (κ2) is 7.00. The van der Waals surface area contributed by atoms with E-state index in [4.69, 9.17) is 0 Å². The van der Waals surface area contributed by atoms with Crippen LogP contribution in [0.2, 0.25) is 0 Å². The van der Waals surface area contributed by atoms with E-state index in [1.165, 1.54) is 11.8 Å². The van der Waals surface area contributed by atoms with Gasteiger partial charge in [-0.1, -0.05) is 60.7 Å². The lowest BCUT2D eigenvalue weighted by molar-refractivity contribution is 1.11. The van der Waals surface area contributed by atoms with Gasteiger partial charge in [-0.3, -0.25) is 0 Å². The smallest absolute Gasteiger partial charge is 0.115 e. The zero-order chi connectivity index (χ0) is 16.9. The maximum atomic E-state index is 9.80. The highest BCUT2D eigenvalue weighted by molar-refractivity contribution is 7.98. The first kappa shape index (κ1) is 15.8. The average molecular weight is 327 g/mol. The molecular weight excluding hydrogens is 314 g/mol. The molecule has 1 aromatic heterocycles. The molecule has 0 aliphatic rings. The van der Waals surface area contributed by atoms with Crippen LogP contribution in [0.1, 0.15) is 11.1 Å². The van der Waals surface area contributed by atoms with Crippen LogP contribution in [0.15, 0.2) is 65.7 Å². The van der Waals surface area contributed by atoms with Crippen molar-refractivity contribution < 1.29 is 0 Å². The van der Waals surface area contributed by atoms with Gasteiger partial charge in [0.25, 0.3) is 0 Å². The summed E-state index contributed by atoms with van der Waals surface area (Å²) in [5.74, 6) is 0. The molecule has 0 atom stereocenters. The minimum atomic E-state index is 0.432. The van der Waals surface area contributed by atoms with Crippen LogP contribution in [0, 0.1) is 22.7 Å². The highest BCUT2D eigenvalue weighted by atomic mass is 32.2. The number of thioether (sulfide) groups is 1. The average Bonchev–Trinajstić information content (AvgIpc) is 2.67. The second-order valence-electron chi connectivity index (χ2n) is 5.05. The van der Waals surface area contributed by atoms with E-state index in [1.807, 2.05) is 66.9 Å². The first-order valence-electron chi connectivity index (χ1n) is 7.33. The van der Waals surface area contributed by atoms with E-state index >= 15 is 0 Å². The third-order valence-electron chi connectivity index (χ3n) is 3.69. The number of hydrogen-bond acceptors (Lipinski definition) is 4. The lowest BCUT2D eigenvalue weighted by Crippen LogP contribution is -2.00. The van der Waals surface area contributed by atoms with E-state index in [9.17, 15) is 10.5 Å². The minimum Gasteiger partial charge on any atom is -0.239 e. The molecule has 0 aliphatic carbocycles. The maximum Gasteiger partial charge on any atom is 0.115 e. The molecule has 4 heteroatoms. The van der Waals surface area contributed by atoms with Gasteiger partial charge in [-0.05, 0) is 11.8 Å². The third kappa shape index (κ3) is 2.76. The SMILES string of the molecule is CSc1nc(-c2ccccc2)c(C#N)c(-c2ccccc2)c1C#N. The molecule has 0 unspecified atom stereocenters. The Morgan fingerprint density at radius 1 is 0.792 bits per heavy atom. The largest absolute Gasteiger partial charge is 0.239 e. The Balaban J connectivity index is 2.43. The van der Waals surface area contributed by atoms with E-state index in [0.717, 1.165) is 11.1 Å². The zero-order valence-electron chi connectivity index (χ0n) is 13.0. The molecule has 0 aliphatic heterocycles. The monoisotopic (exact) mass is 327 g/mol. The minimum absolute atomic E-state index is 0.432. The third-order valence-corrected chi connectivity index (χ3v) is 4.37. The van der Waals surface area contributed by atoms with Crippen molar-refractivity contribution in [2.45, 2.75) is 5.03 Å². The summed E-state index contributed by atoms with van der Waals surface area (Å²) < 4.78 is 0. The van der Waals surface area contributed by atoms with Crippen molar-refractivity contribution in [2.75, 3.05) is 6.26 Å². The van der Waals surface area contributed by atoms with Gasteiger partial charge in [0.2, 0.25) is 0 Å². The van der Waals surface area contributed by atoms with Crippen LogP contribution in [0.25, 0.3) is 22.4 Å². The fourth-order valence-corrected chi connectivity index (χ4v) is 3.16. The zero-order valence-corrected chi connectivity index (χ0v) is 13.8. The highest BCUT2D eigenvalue weighted by Crippen LogP contribution is 2.37. The van der Waals surface area contributed by atoms with Crippen LogP contribution in [0.3, 0.4) is 0 Å². The van der Waals surface area contributed by atoms with Crippen LogP contribution >= 0.6 is 11.8 Å². The van der Waals surface area contributed by atoms with Crippen LogP contribution in [0.4, 0.5) is 0 Å². The summed E-state index contributed by atoms with van der Waals surface area (Å²) in [6, 6.07) is 23.6. The molecular formula is C20H13N3S. The van der Waals surface area contributed by atoms with E-state index in [-0.39, 0.29) is 0 Å². The summed E-state index contributed by atoms with van der Waals surface area (Å²) >= 11 is 1.41. The molecule has 0 fully saturated rings. The van der Waals surface area contributed by atoms with Gasteiger partial charge in [-0.2, -0.15) is 10.5 Å². The first-order valence-corrected chi connectivity index (χ1v) is 8.55. The molecule has 3 aromatic rings. The highest BCUT2D eigenvalue weighted by Gasteiger charge is 2.21. The molecule has 0 spiro atoms. The van der Waals surface area contributed by atoms with Crippen molar-refractivity contribution in [1.82, 2.24) is 4.98 Å². The molecule has 0 saturated carbocycles. The summed E-state index contributed by atoms with van der Waals surface area (Å²) in [6.45, 7) is 0. The van der Waals surface area contributed by atoms with Gasteiger partial charge in [0.15, 0.2) is 0 Å². The van der Waals surface area contributed by atoms with E-state index < -0.39 is 0 Å². The van der Waals surface area contributed by atoms with Gasteiger partial charge in [-0.25, -0.2) is 4.98 Å². The number of rotatable bonds is 3. The Kier molecular flexibility index (Phi) is 4.61. The Morgan fingerprint density at radius 3 is 1.83 bits per heavy atom. The molecule has 3 nitrogen and oxygen atoms in total. The number of nitrogens with zero attached hydrogens (tertiary/aromatic N) is 3. The first-order chi connectivity index (χ1) is 11.8. The quantitative estimate of drug-likeness (QED) is 0.643. The molecule has 0 saturated heterocycles. The lowest BCUT2D eigenvalue weighted by Gasteiger charge is -2.14. The molecule has 0 radical (unpaired) electrons. The van der Waals surface area contributed by atoms with Crippen molar-refractivity contribution in [3.63, 3.8) is 0 Å². The molecule has 2 aromatic carbocycles. The van der Waals surface area contributed by atoms with Crippen LogP contribution in [-0.2, 0) is 0 Å². The Bertz CT molecular complexity index is 952. The van der Waals surface area contributed by atoms with Crippen LogP contribution in [0.5, 0.6) is 0 Å². The molecule has 114 valence electrons. The number of pyridine rings is 1. The normalized spacial score (nSPS) is 9.96. The summed E-state index contributed by atoms with van der Waals surface area (Å²) in [7, 11) is 0. The summed E-state index contributed by atoms with van der Waals surface area (Å²) in [5, 5.41) is 20.1. The van der Waals surface area contributed by atoms with Gasteiger partial charge >= 0.3 is 0 Å². The fraction of sp³-hybridized carbons (Fsp3) is 0.0500. The van der Waals surface area contributed by atoms with Gasteiger partial charge in [-0.15, -0.1) is 11.8 Å². The summed E-state index contributed by atoms with van der Waals surface area (Å²) in [4.78, 5) is 4.61. The van der Waals surface area contributed by atoms with Gasteiger partial charge in [0.05, 0.1) is 16.8 Å². The summed E-state index contributed by atoms with van der Waals surface area (Å²) in [5.41, 5.74) is 3.86. The van der Waals surface area contributed by atoms with E-state index in [1.54, 1.807) is 0 Å². The molecule has 24 heavy (non-hydrogen) atoms. The standard InChI is InChI=1S/C20H13N3S/c1-24-20-17(13-22)18(14-8-4-2-5-9-14)16(12-21)19(23-20)15-10-6-3-7-11-15/h2-11H,1H3. The molecule has 1 heterocycles. The maximum absolute atomic E-state index is 9.80. The van der Waals surface area contributed by atoms with E-state index in [0.29, 0.717) is 27.4 Å². The fourth-order valence-electron chi connectivity index (χ4n) is 2.62. The van der Waals surface area contributed by atoms with Gasteiger partial charge < -0.3 is 0 Å². The van der Waals surface area contributed by atoms with Crippen LogP contribution in [-0.4, -0.2) is 11.2 Å². The number of aromatic nitrogens is 1. The number of hydrogen-bond donors (Lipinski definition) is 0.